The van der Waals surface area contributed by atoms with Gasteiger partial charge >= 0.3 is 0 Å². The number of hydrogen-bond donors (Lipinski definition) is 1. The number of hydrogen-bond acceptors (Lipinski definition) is 6. The van der Waals surface area contributed by atoms with Crippen molar-refractivity contribution in [3.8, 4) is 17.2 Å². The average Bonchev–Trinajstić information content (AvgIpc) is 2.82. The molecule has 0 radical (unpaired) electrons. The summed E-state index contributed by atoms with van der Waals surface area (Å²) in [5.41, 5.74) is 6.85. The highest BCUT2D eigenvalue weighted by molar-refractivity contribution is 5.53. The van der Waals surface area contributed by atoms with Crippen molar-refractivity contribution in [3.05, 3.63) is 17.7 Å². The van der Waals surface area contributed by atoms with Gasteiger partial charge in [0.2, 0.25) is 5.75 Å². The fraction of sp³-hybridized carbons (Fsp3) is 0.769. The molecule has 0 aromatic heterocycles. The molecule has 1 aliphatic rings. The number of methoxy groups -OCH3 is 2. The Morgan fingerprint density at radius 1 is 0.781 bits per heavy atom. The Bertz CT molecular complexity index is 593. The van der Waals surface area contributed by atoms with E-state index >= 15 is 0 Å². The molecule has 0 aliphatic carbocycles. The SMILES string of the molecule is CCCCCCCCCCOc1c(OC)cc(CN2CCN(CCCN)CC2)cc1OC. The van der Waals surface area contributed by atoms with Crippen molar-refractivity contribution in [2.24, 2.45) is 5.73 Å². The minimum atomic E-state index is 0.700. The molecule has 1 aromatic rings. The molecule has 1 fully saturated rings. The van der Waals surface area contributed by atoms with Crippen LogP contribution >= 0.6 is 0 Å². The van der Waals surface area contributed by atoms with Gasteiger partial charge in [0, 0.05) is 32.7 Å². The van der Waals surface area contributed by atoms with Gasteiger partial charge in [0.15, 0.2) is 11.5 Å². The first-order valence-corrected chi connectivity index (χ1v) is 12.7. The highest BCUT2D eigenvalue weighted by Gasteiger charge is 2.19. The molecule has 0 bridgehead atoms. The maximum absolute atomic E-state index is 6.11. The van der Waals surface area contributed by atoms with E-state index in [0.29, 0.717) is 6.61 Å². The summed E-state index contributed by atoms with van der Waals surface area (Å²) in [6.45, 7) is 10.1. The molecule has 0 saturated carbocycles. The van der Waals surface area contributed by atoms with Crippen LogP contribution in [0.3, 0.4) is 0 Å². The number of piperazine rings is 1. The van der Waals surface area contributed by atoms with Crippen LogP contribution in [0.1, 0.15) is 70.3 Å². The Morgan fingerprint density at radius 3 is 1.91 bits per heavy atom. The summed E-state index contributed by atoms with van der Waals surface area (Å²) in [7, 11) is 3.41. The molecule has 1 aromatic carbocycles. The van der Waals surface area contributed by atoms with E-state index in [-0.39, 0.29) is 0 Å². The number of ether oxygens (including phenoxy) is 3. The summed E-state index contributed by atoms with van der Waals surface area (Å²) in [6, 6.07) is 4.21. The van der Waals surface area contributed by atoms with Crippen LogP contribution in [0.15, 0.2) is 12.1 Å². The molecule has 6 heteroatoms. The lowest BCUT2D eigenvalue weighted by Gasteiger charge is -2.34. The molecule has 1 aliphatic heterocycles. The molecule has 2 rings (SSSR count). The minimum Gasteiger partial charge on any atom is -0.493 e. The third kappa shape index (κ3) is 9.55. The van der Waals surface area contributed by atoms with E-state index in [1.54, 1.807) is 14.2 Å². The van der Waals surface area contributed by atoms with Crippen molar-refractivity contribution in [3.63, 3.8) is 0 Å². The molecule has 0 unspecified atom stereocenters. The third-order valence-corrected chi connectivity index (χ3v) is 6.31. The highest BCUT2D eigenvalue weighted by atomic mass is 16.5. The van der Waals surface area contributed by atoms with Crippen molar-refractivity contribution in [1.29, 1.82) is 0 Å². The molecule has 1 saturated heterocycles. The molecule has 184 valence electrons. The Morgan fingerprint density at radius 2 is 1.34 bits per heavy atom. The lowest BCUT2D eigenvalue weighted by atomic mass is 10.1. The first-order valence-electron chi connectivity index (χ1n) is 12.7. The van der Waals surface area contributed by atoms with Crippen LogP contribution in [0.25, 0.3) is 0 Å². The predicted octanol–water partition coefficient (Wildman–Crippen LogP) is 4.69. The van der Waals surface area contributed by atoms with Crippen molar-refractivity contribution in [2.75, 3.05) is 60.1 Å². The summed E-state index contributed by atoms with van der Waals surface area (Å²) >= 11 is 0. The summed E-state index contributed by atoms with van der Waals surface area (Å²) in [5.74, 6) is 2.26. The lowest BCUT2D eigenvalue weighted by Crippen LogP contribution is -2.46. The van der Waals surface area contributed by atoms with Gasteiger partial charge in [0.1, 0.15) is 0 Å². The Kier molecular flexibility index (Phi) is 13.5. The van der Waals surface area contributed by atoms with Gasteiger partial charge in [-0.05, 0) is 43.6 Å². The van der Waals surface area contributed by atoms with E-state index in [2.05, 4.69) is 28.9 Å². The standard InChI is InChI=1S/C26H47N3O3/c1-4-5-6-7-8-9-10-11-19-32-26-24(30-2)20-23(21-25(26)31-3)22-29-17-15-28(16-18-29)14-12-13-27/h20-21H,4-19,22,27H2,1-3H3. The van der Waals surface area contributed by atoms with Crippen LogP contribution in [0.5, 0.6) is 17.2 Å². The van der Waals surface area contributed by atoms with Gasteiger partial charge in [-0.25, -0.2) is 0 Å². The second-order valence-electron chi connectivity index (χ2n) is 8.91. The van der Waals surface area contributed by atoms with Gasteiger partial charge in [-0.3, -0.25) is 4.90 Å². The zero-order chi connectivity index (χ0) is 23.0. The number of unbranched alkanes of at least 4 members (excludes halogenated alkanes) is 7. The van der Waals surface area contributed by atoms with E-state index < -0.39 is 0 Å². The smallest absolute Gasteiger partial charge is 0.203 e. The topological polar surface area (TPSA) is 60.2 Å². The predicted molar refractivity (Wildman–Crippen MR) is 133 cm³/mol. The Hall–Kier alpha value is -1.50. The van der Waals surface area contributed by atoms with Gasteiger partial charge in [-0.1, -0.05) is 51.9 Å². The van der Waals surface area contributed by atoms with Crippen molar-refractivity contribution < 1.29 is 14.2 Å². The molecule has 32 heavy (non-hydrogen) atoms. The third-order valence-electron chi connectivity index (χ3n) is 6.31. The van der Waals surface area contributed by atoms with Gasteiger partial charge in [0.05, 0.1) is 20.8 Å². The maximum atomic E-state index is 6.11. The van der Waals surface area contributed by atoms with Crippen LogP contribution in [-0.4, -0.2) is 69.9 Å². The largest absolute Gasteiger partial charge is 0.493 e. The first kappa shape index (κ1) is 26.7. The summed E-state index contributed by atoms with van der Waals surface area (Å²) in [5, 5.41) is 0. The van der Waals surface area contributed by atoms with Crippen LogP contribution in [0.2, 0.25) is 0 Å². The second-order valence-corrected chi connectivity index (χ2v) is 8.91. The maximum Gasteiger partial charge on any atom is 0.203 e. The van der Waals surface area contributed by atoms with E-state index in [1.807, 2.05) is 0 Å². The van der Waals surface area contributed by atoms with Crippen molar-refractivity contribution >= 4 is 0 Å². The number of nitrogens with two attached hydrogens (primary N) is 1. The molecular formula is C26H47N3O3. The van der Waals surface area contributed by atoms with Gasteiger partial charge in [0.25, 0.3) is 0 Å². The second kappa shape index (κ2) is 16.2. The lowest BCUT2D eigenvalue weighted by molar-refractivity contribution is 0.126. The van der Waals surface area contributed by atoms with Gasteiger partial charge < -0.3 is 24.8 Å². The summed E-state index contributed by atoms with van der Waals surface area (Å²) in [4.78, 5) is 5.00. The quantitative estimate of drug-likeness (QED) is 0.348. The fourth-order valence-corrected chi connectivity index (χ4v) is 4.32. The molecular weight excluding hydrogens is 402 g/mol. The summed E-state index contributed by atoms with van der Waals surface area (Å²) < 4.78 is 17.4. The van der Waals surface area contributed by atoms with Gasteiger partial charge in [-0.2, -0.15) is 0 Å². The van der Waals surface area contributed by atoms with Crippen LogP contribution in [-0.2, 0) is 6.54 Å². The van der Waals surface area contributed by atoms with Crippen molar-refractivity contribution in [2.45, 2.75) is 71.3 Å². The van der Waals surface area contributed by atoms with Crippen LogP contribution in [0.4, 0.5) is 0 Å². The number of benzene rings is 1. The summed E-state index contributed by atoms with van der Waals surface area (Å²) in [6.07, 6.45) is 11.4. The van der Waals surface area contributed by atoms with E-state index in [9.17, 15) is 0 Å². The van der Waals surface area contributed by atoms with Crippen LogP contribution in [0, 0.1) is 0 Å². The molecule has 0 amide bonds. The zero-order valence-electron chi connectivity index (χ0n) is 20.9. The first-order chi connectivity index (χ1) is 15.7. The minimum absolute atomic E-state index is 0.700. The normalized spacial score (nSPS) is 15.1. The average molecular weight is 450 g/mol. The van der Waals surface area contributed by atoms with Crippen LogP contribution < -0.4 is 19.9 Å². The van der Waals surface area contributed by atoms with E-state index in [4.69, 9.17) is 19.9 Å². The Labute approximate surface area is 196 Å². The number of rotatable bonds is 17. The van der Waals surface area contributed by atoms with E-state index in [0.717, 1.165) is 75.9 Å². The van der Waals surface area contributed by atoms with Gasteiger partial charge in [-0.15, -0.1) is 0 Å². The highest BCUT2D eigenvalue weighted by Crippen LogP contribution is 2.39. The Balaban J connectivity index is 1.80. The van der Waals surface area contributed by atoms with Crippen molar-refractivity contribution in [1.82, 2.24) is 9.80 Å². The van der Waals surface area contributed by atoms with E-state index in [1.165, 1.54) is 50.5 Å². The molecule has 1 heterocycles. The molecule has 2 N–H and O–H groups in total. The molecule has 0 atom stereocenters. The monoisotopic (exact) mass is 449 g/mol. The number of nitrogens with zero attached hydrogens (tertiary/aromatic N) is 2. The molecule has 0 spiro atoms. The fourth-order valence-electron chi connectivity index (χ4n) is 4.32. The zero-order valence-corrected chi connectivity index (χ0v) is 20.9. The molecule has 6 nitrogen and oxygen atoms in total.